The summed E-state index contributed by atoms with van der Waals surface area (Å²) < 4.78 is 0. The molecule has 0 aliphatic carbocycles. The first kappa shape index (κ1) is 15.4. The van der Waals surface area contributed by atoms with Gasteiger partial charge in [0.05, 0.1) is 11.9 Å². The molecule has 1 amide bonds. The van der Waals surface area contributed by atoms with Crippen LogP contribution in [-0.4, -0.2) is 43.0 Å². The van der Waals surface area contributed by atoms with Crippen LogP contribution in [0.1, 0.15) is 20.3 Å². The molecule has 0 atom stereocenters. The monoisotopic (exact) mass is 264 g/mol. The Balaban J connectivity index is 2.41. The fourth-order valence-electron chi connectivity index (χ4n) is 1.56. The first-order chi connectivity index (χ1) is 8.97. The summed E-state index contributed by atoms with van der Waals surface area (Å²) in [6.45, 7) is 5.85. The number of aromatic nitrogens is 1. The number of nitrogens with zero attached hydrogens (tertiary/aromatic N) is 2. The van der Waals surface area contributed by atoms with Gasteiger partial charge in [0.1, 0.15) is 5.82 Å². The van der Waals surface area contributed by atoms with Gasteiger partial charge in [0.2, 0.25) is 5.91 Å². The molecular formula is C14H24N4O. The van der Waals surface area contributed by atoms with E-state index in [-0.39, 0.29) is 5.91 Å². The third-order valence-electron chi connectivity index (χ3n) is 2.51. The molecule has 2 N–H and O–H groups in total. The Bertz CT molecular complexity index is 387. The maximum absolute atomic E-state index is 11.6. The predicted octanol–water partition coefficient (Wildman–Crippen LogP) is 2.04. The average Bonchev–Trinajstić information content (AvgIpc) is 2.29. The molecule has 0 saturated heterocycles. The van der Waals surface area contributed by atoms with Crippen molar-refractivity contribution >= 4 is 17.4 Å². The van der Waals surface area contributed by atoms with Crippen LogP contribution in [0, 0.1) is 5.92 Å². The van der Waals surface area contributed by atoms with Crippen molar-refractivity contribution in [3.05, 3.63) is 18.3 Å². The van der Waals surface area contributed by atoms with Crippen LogP contribution in [0.5, 0.6) is 0 Å². The van der Waals surface area contributed by atoms with Gasteiger partial charge in [-0.15, -0.1) is 0 Å². The third-order valence-corrected chi connectivity index (χ3v) is 2.51. The molecule has 1 aromatic heterocycles. The molecule has 5 heteroatoms. The summed E-state index contributed by atoms with van der Waals surface area (Å²) in [4.78, 5) is 18.0. The van der Waals surface area contributed by atoms with E-state index in [1.807, 2.05) is 40.1 Å². The molecule has 5 nitrogen and oxygen atoms in total. The Kier molecular flexibility index (Phi) is 6.29. The molecule has 0 radical (unpaired) electrons. The fourth-order valence-corrected chi connectivity index (χ4v) is 1.56. The number of hydrogen-bond acceptors (Lipinski definition) is 4. The molecule has 0 saturated carbocycles. The first-order valence-electron chi connectivity index (χ1n) is 6.62. The number of pyridine rings is 1. The van der Waals surface area contributed by atoms with Crippen molar-refractivity contribution in [3.8, 4) is 0 Å². The molecule has 0 unspecified atom stereocenters. The van der Waals surface area contributed by atoms with E-state index < -0.39 is 0 Å². The van der Waals surface area contributed by atoms with Gasteiger partial charge in [0, 0.05) is 19.5 Å². The highest BCUT2D eigenvalue weighted by molar-refractivity contribution is 5.90. The van der Waals surface area contributed by atoms with Gasteiger partial charge in [-0.3, -0.25) is 4.79 Å². The van der Waals surface area contributed by atoms with Crippen LogP contribution in [-0.2, 0) is 4.79 Å². The average molecular weight is 264 g/mol. The third kappa shape index (κ3) is 6.76. The number of nitrogens with one attached hydrogen (secondary N) is 2. The van der Waals surface area contributed by atoms with Crippen molar-refractivity contribution in [1.29, 1.82) is 0 Å². The minimum absolute atomic E-state index is 0.0325. The van der Waals surface area contributed by atoms with Crippen molar-refractivity contribution in [2.75, 3.05) is 37.8 Å². The minimum Gasteiger partial charge on any atom is -0.369 e. The second-order valence-corrected chi connectivity index (χ2v) is 5.31. The smallest absolute Gasteiger partial charge is 0.224 e. The number of carbonyl (C=O) groups excluding carboxylic acids is 1. The van der Waals surface area contributed by atoms with Crippen molar-refractivity contribution in [1.82, 2.24) is 9.88 Å². The molecule has 0 aromatic carbocycles. The van der Waals surface area contributed by atoms with Gasteiger partial charge in [-0.2, -0.15) is 0 Å². The van der Waals surface area contributed by atoms with Gasteiger partial charge in [0.15, 0.2) is 0 Å². The Morgan fingerprint density at radius 3 is 2.63 bits per heavy atom. The van der Waals surface area contributed by atoms with Crippen LogP contribution >= 0.6 is 0 Å². The molecule has 0 aliphatic heterocycles. The number of carbonyl (C=O) groups is 1. The number of likely N-dealkylation sites (N-methyl/N-ethyl adjacent to an activating group) is 1. The van der Waals surface area contributed by atoms with E-state index in [4.69, 9.17) is 0 Å². The highest BCUT2D eigenvalue weighted by Crippen LogP contribution is 2.11. The van der Waals surface area contributed by atoms with Crippen LogP contribution in [0.2, 0.25) is 0 Å². The van der Waals surface area contributed by atoms with Crippen molar-refractivity contribution in [2.24, 2.45) is 5.92 Å². The molecule has 0 aliphatic rings. The van der Waals surface area contributed by atoms with Gasteiger partial charge >= 0.3 is 0 Å². The van der Waals surface area contributed by atoms with E-state index in [0.717, 1.165) is 24.6 Å². The van der Waals surface area contributed by atoms with Crippen molar-refractivity contribution < 1.29 is 4.79 Å². The van der Waals surface area contributed by atoms with Crippen molar-refractivity contribution in [3.63, 3.8) is 0 Å². The van der Waals surface area contributed by atoms with Crippen LogP contribution in [0.25, 0.3) is 0 Å². The van der Waals surface area contributed by atoms with Crippen LogP contribution in [0.15, 0.2) is 18.3 Å². The van der Waals surface area contributed by atoms with Gasteiger partial charge in [-0.1, -0.05) is 13.8 Å². The topological polar surface area (TPSA) is 57.3 Å². The largest absolute Gasteiger partial charge is 0.369 e. The van der Waals surface area contributed by atoms with Crippen LogP contribution in [0.3, 0.4) is 0 Å². The number of hydrogen-bond donors (Lipinski definition) is 2. The summed E-state index contributed by atoms with van der Waals surface area (Å²) in [5.74, 6) is 1.22. The summed E-state index contributed by atoms with van der Waals surface area (Å²) in [6.07, 6.45) is 2.21. The van der Waals surface area contributed by atoms with E-state index in [0.29, 0.717) is 12.3 Å². The maximum Gasteiger partial charge on any atom is 0.224 e. The summed E-state index contributed by atoms with van der Waals surface area (Å²) >= 11 is 0. The molecule has 0 spiro atoms. The molecule has 1 aromatic rings. The highest BCUT2D eigenvalue weighted by atomic mass is 16.1. The lowest BCUT2D eigenvalue weighted by Crippen LogP contribution is -2.21. The zero-order valence-corrected chi connectivity index (χ0v) is 12.2. The summed E-state index contributed by atoms with van der Waals surface area (Å²) in [6, 6.07) is 3.74. The maximum atomic E-state index is 11.6. The summed E-state index contributed by atoms with van der Waals surface area (Å²) in [7, 11) is 4.06. The van der Waals surface area contributed by atoms with E-state index in [1.54, 1.807) is 6.20 Å². The zero-order valence-electron chi connectivity index (χ0n) is 12.2. The lowest BCUT2D eigenvalue weighted by Gasteiger charge is -2.11. The normalized spacial score (nSPS) is 10.8. The SMILES string of the molecule is CC(C)CC(=O)Nc1ccc(NCCN(C)C)nc1. The predicted molar refractivity (Wildman–Crippen MR) is 79.4 cm³/mol. The molecule has 106 valence electrons. The Hall–Kier alpha value is -1.62. The van der Waals surface area contributed by atoms with Crippen molar-refractivity contribution in [2.45, 2.75) is 20.3 Å². The second-order valence-electron chi connectivity index (χ2n) is 5.31. The molecule has 1 heterocycles. The quantitative estimate of drug-likeness (QED) is 0.791. The number of amides is 1. The second kappa shape index (κ2) is 7.74. The minimum atomic E-state index is 0.0325. The molecule has 19 heavy (non-hydrogen) atoms. The molecular weight excluding hydrogens is 240 g/mol. The number of anilines is 2. The summed E-state index contributed by atoms with van der Waals surface area (Å²) in [5.41, 5.74) is 0.740. The lowest BCUT2D eigenvalue weighted by molar-refractivity contribution is -0.116. The standard InChI is InChI=1S/C14H24N4O/c1-11(2)9-14(19)17-12-5-6-13(16-10-12)15-7-8-18(3)4/h5-6,10-11H,7-9H2,1-4H3,(H,15,16)(H,17,19). The van der Waals surface area contributed by atoms with E-state index >= 15 is 0 Å². The highest BCUT2D eigenvalue weighted by Gasteiger charge is 2.05. The zero-order chi connectivity index (χ0) is 14.3. The summed E-state index contributed by atoms with van der Waals surface area (Å²) in [5, 5.41) is 6.06. The van der Waals surface area contributed by atoms with E-state index in [2.05, 4.69) is 20.5 Å². The Labute approximate surface area is 115 Å². The fraction of sp³-hybridized carbons (Fsp3) is 0.571. The van der Waals surface area contributed by atoms with Gasteiger partial charge < -0.3 is 15.5 Å². The van der Waals surface area contributed by atoms with Gasteiger partial charge in [0.25, 0.3) is 0 Å². The number of rotatable bonds is 7. The Morgan fingerprint density at radius 2 is 2.11 bits per heavy atom. The van der Waals surface area contributed by atoms with Gasteiger partial charge in [-0.25, -0.2) is 4.98 Å². The lowest BCUT2D eigenvalue weighted by atomic mass is 10.1. The molecule has 0 fully saturated rings. The van der Waals surface area contributed by atoms with E-state index in [1.165, 1.54) is 0 Å². The van der Waals surface area contributed by atoms with E-state index in [9.17, 15) is 4.79 Å². The first-order valence-corrected chi connectivity index (χ1v) is 6.62. The molecule has 1 rings (SSSR count). The van der Waals surface area contributed by atoms with Crippen LogP contribution in [0.4, 0.5) is 11.5 Å². The molecule has 0 bridgehead atoms. The van der Waals surface area contributed by atoms with Crippen LogP contribution < -0.4 is 10.6 Å². The Morgan fingerprint density at radius 1 is 1.37 bits per heavy atom. The van der Waals surface area contributed by atoms with Gasteiger partial charge in [-0.05, 0) is 32.1 Å².